The molecule has 1 N–H and O–H groups in total. The smallest absolute Gasteiger partial charge is 0.371 e. The maximum Gasteiger partial charge on any atom is 0.411 e. The fraction of sp³-hybridized carbons (Fsp3) is 0.455. The molecule has 0 radical (unpaired) electrons. The molecule has 0 saturated carbocycles. The number of hydrogen-bond acceptors (Lipinski definition) is 2. The molecule has 0 aromatic heterocycles. The van der Waals surface area contributed by atoms with Crippen molar-refractivity contribution in [1.82, 2.24) is 5.32 Å². The monoisotopic (exact) mass is 285 g/mol. The first-order valence-electron chi connectivity index (χ1n) is 5.18. The van der Waals surface area contributed by atoms with Crippen LogP contribution in [0.1, 0.15) is 5.56 Å². The van der Waals surface area contributed by atoms with Crippen molar-refractivity contribution in [3.05, 3.63) is 34.6 Å². The van der Waals surface area contributed by atoms with Gasteiger partial charge in [0.2, 0.25) is 0 Å². The standard InChI is InChI=1S/C11H12ClF4NO/c12-10-8(2-1-3-9(10)13)6-17-4-5-18-7-11(14,15)16/h1-3,17H,4-7H2. The van der Waals surface area contributed by atoms with E-state index in [2.05, 4.69) is 10.1 Å². The van der Waals surface area contributed by atoms with Crippen molar-refractivity contribution in [2.24, 2.45) is 0 Å². The molecule has 0 aliphatic rings. The molecular formula is C11H12ClF4NO. The van der Waals surface area contributed by atoms with Gasteiger partial charge in [-0.05, 0) is 11.6 Å². The molecular weight excluding hydrogens is 274 g/mol. The Labute approximate surface area is 107 Å². The molecule has 0 saturated heterocycles. The molecule has 1 rings (SSSR count). The van der Waals surface area contributed by atoms with Gasteiger partial charge in [-0.1, -0.05) is 23.7 Å². The Morgan fingerprint density at radius 2 is 2.00 bits per heavy atom. The predicted octanol–water partition coefficient (Wildman–Crippen LogP) is 3.15. The average molecular weight is 286 g/mol. The summed E-state index contributed by atoms with van der Waals surface area (Å²) in [5.74, 6) is -0.524. The Kier molecular flexibility index (Phi) is 5.84. The predicted molar refractivity (Wildman–Crippen MR) is 60.0 cm³/mol. The molecule has 0 spiro atoms. The van der Waals surface area contributed by atoms with Gasteiger partial charge in [0.05, 0.1) is 11.6 Å². The average Bonchev–Trinajstić information content (AvgIpc) is 2.27. The fourth-order valence-electron chi connectivity index (χ4n) is 1.24. The third kappa shape index (κ3) is 5.66. The van der Waals surface area contributed by atoms with Crippen LogP contribution in [0.3, 0.4) is 0 Å². The molecule has 0 unspecified atom stereocenters. The molecule has 1 aromatic rings. The highest BCUT2D eigenvalue weighted by atomic mass is 35.5. The van der Waals surface area contributed by atoms with Crippen molar-refractivity contribution in [3.8, 4) is 0 Å². The lowest BCUT2D eigenvalue weighted by Gasteiger charge is -2.09. The lowest BCUT2D eigenvalue weighted by molar-refractivity contribution is -0.173. The topological polar surface area (TPSA) is 21.3 Å². The van der Waals surface area contributed by atoms with Crippen LogP contribution >= 0.6 is 11.6 Å². The molecule has 0 aliphatic carbocycles. The highest BCUT2D eigenvalue weighted by Crippen LogP contribution is 2.19. The summed E-state index contributed by atoms with van der Waals surface area (Å²) >= 11 is 5.70. The molecule has 0 heterocycles. The molecule has 102 valence electrons. The second kappa shape index (κ2) is 6.92. The van der Waals surface area contributed by atoms with Gasteiger partial charge in [0.15, 0.2) is 0 Å². The van der Waals surface area contributed by atoms with Crippen LogP contribution < -0.4 is 5.32 Å². The van der Waals surface area contributed by atoms with Gasteiger partial charge in [-0.25, -0.2) is 4.39 Å². The Morgan fingerprint density at radius 3 is 2.67 bits per heavy atom. The van der Waals surface area contributed by atoms with Crippen LogP contribution in [-0.2, 0) is 11.3 Å². The number of rotatable bonds is 6. The van der Waals surface area contributed by atoms with Crippen LogP contribution in [0, 0.1) is 5.82 Å². The van der Waals surface area contributed by atoms with Gasteiger partial charge in [0, 0.05) is 13.1 Å². The highest BCUT2D eigenvalue weighted by molar-refractivity contribution is 6.31. The van der Waals surface area contributed by atoms with Gasteiger partial charge in [-0.2, -0.15) is 13.2 Å². The first-order valence-corrected chi connectivity index (χ1v) is 5.56. The zero-order chi connectivity index (χ0) is 13.6. The molecule has 0 atom stereocenters. The van der Waals surface area contributed by atoms with Crippen molar-refractivity contribution in [1.29, 1.82) is 0 Å². The van der Waals surface area contributed by atoms with Crippen LogP contribution in [-0.4, -0.2) is 25.9 Å². The van der Waals surface area contributed by atoms with E-state index in [1.807, 2.05) is 0 Å². The molecule has 18 heavy (non-hydrogen) atoms. The van der Waals surface area contributed by atoms with Gasteiger partial charge in [0.25, 0.3) is 0 Å². The SMILES string of the molecule is Fc1cccc(CNCCOCC(F)(F)F)c1Cl. The van der Waals surface area contributed by atoms with E-state index < -0.39 is 18.6 Å². The first-order chi connectivity index (χ1) is 8.40. The summed E-state index contributed by atoms with van der Waals surface area (Å²) in [7, 11) is 0. The lowest BCUT2D eigenvalue weighted by atomic mass is 10.2. The second-order valence-electron chi connectivity index (χ2n) is 3.56. The zero-order valence-corrected chi connectivity index (χ0v) is 10.1. The van der Waals surface area contributed by atoms with Gasteiger partial charge < -0.3 is 10.1 Å². The molecule has 0 aliphatic heterocycles. The molecule has 1 aromatic carbocycles. The van der Waals surface area contributed by atoms with Gasteiger partial charge in [-0.15, -0.1) is 0 Å². The molecule has 0 bridgehead atoms. The van der Waals surface area contributed by atoms with Crippen LogP contribution in [0.5, 0.6) is 0 Å². The van der Waals surface area contributed by atoms with E-state index >= 15 is 0 Å². The van der Waals surface area contributed by atoms with E-state index in [1.54, 1.807) is 6.07 Å². The van der Waals surface area contributed by atoms with E-state index in [0.29, 0.717) is 5.56 Å². The van der Waals surface area contributed by atoms with Crippen molar-refractivity contribution in [2.45, 2.75) is 12.7 Å². The largest absolute Gasteiger partial charge is 0.411 e. The number of nitrogens with one attached hydrogen (secondary N) is 1. The Balaban J connectivity index is 2.20. The van der Waals surface area contributed by atoms with Crippen LogP contribution in [0.25, 0.3) is 0 Å². The normalized spacial score (nSPS) is 11.8. The van der Waals surface area contributed by atoms with Gasteiger partial charge in [-0.3, -0.25) is 0 Å². The Morgan fingerprint density at radius 1 is 1.28 bits per heavy atom. The first kappa shape index (κ1) is 15.2. The maximum absolute atomic E-state index is 13.0. The van der Waals surface area contributed by atoms with Crippen molar-refractivity contribution >= 4 is 11.6 Å². The lowest BCUT2D eigenvalue weighted by Crippen LogP contribution is -2.23. The van der Waals surface area contributed by atoms with Gasteiger partial charge in [0.1, 0.15) is 12.4 Å². The summed E-state index contributed by atoms with van der Waals surface area (Å²) in [6.07, 6.45) is -4.31. The summed E-state index contributed by atoms with van der Waals surface area (Å²) in [5, 5.41) is 2.83. The molecule has 0 amide bonds. The summed E-state index contributed by atoms with van der Waals surface area (Å²) in [6.45, 7) is -0.850. The number of benzene rings is 1. The van der Waals surface area contributed by atoms with E-state index in [0.717, 1.165) is 0 Å². The molecule has 0 fully saturated rings. The zero-order valence-electron chi connectivity index (χ0n) is 9.36. The minimum atomic E-state index is -4.31. The Bertz CT molecular complexity index is 384. The summed E-state index contributed by atoms with van der Waals surface area (Å²) in [6, 6.07) is 4.38. The van der Waals surface area contributed by atoms with Crippen molar-refractivity contribution in [3.63, 3.8) is 0 Å². The van der Waals surface area contributed by atoms with Crippen molar-refractivity contribution < 1.29 is 22.3 Å². The molecule has 2 nitrogen and oxygen atoms in total. The van der Waals surface area contributed by atoms with E-state index in [9.17, 15) is 17.6 Å². The van der Waals surface area contributed by atoms with Crippen molar-refractivity contribution in [2.75, 3.05) is 19.8 Å². The quantitative estimate of drug-likeness (QED) is 0.640. The van der Waals surface area contributed by atoms with Crippen LogP contribution in [0.15, 0.2) is 18.2 Å². The number of alkyl halides is 3. The fourth-order valence-corrected chi connectivity index (χ4v) is 1.43. The van der Waals surface area contributed by atoms with E-state index in [4.69, 9.17) is 11.6 Å². The van der Waals surface area contributed by atoms with Gasteiger partial charge >= 0.3 is 6.18 Å². The summed E-state index contributed by atoms with van der Waals surface area (Å²) in [5.41, 5.74) is 0.549. The molecule has 7 heteroatoms. The second-order valence-corrected chi connectivity index (χ2v) is 3.94. The maximum atomic E-state index is 13.0. The highest BCUT2D eigenvalue weighted by Gasteiger charge is 2.27. The number of hydrogen-bond donors (Lipinski definition) is 1. The third-order valence-electron chi connectivity index (χ3n) is 2.04. The number of ether oxygens (including phenoxy) is 1. The number of halogens is 5. The van der Waals surface area contributed by atoms with Crippen LogP contribution in [0.4, 0.5) is 17.6 Å². The minimum Gasteiger partial charge on any atom is -0.371 e. The summed E-state index contributed by atoms with van der Waals surface area (Å²) < 4.78 is 52.6. The summed E-state index contributed by atoms with van der Waals surface area (Å²) in [4.78, 5) is 0. The van der Waals surface area contributed by atoms with E-state index in [1.165, 1.54) is 12.1 Å². The van der Waals surface area contributed by atoms with Crippen LogP contribution in [0.2, 0.25) is 5.02 Å². The third-order valence-corrected chi connectivity index (χ3v) is 2.46. The minimum absolute atomic E-state index is 0.0150. The Hall–Kier alpha value is -0.850. The van der Waals surface area contributed by atoms with E-state index in [-0.39, 0.29) is 24.7 Å².